The maximum Gasteiger partial charge on any atom is 0.511 e. The standard InChI is InChI=1S/C65H112O12/c1-8-10-12-14-16-18-20-22-24-26-28-30-32-34-59(67)72-47-54(48-73-60(68)35-33-31-29-27-25-23-21-19-17-15-13-11-9-2)76-62(70)45-49(3)44-61(69)74-51(5)75-63(71)77-53-40-42-64(6)52(46-53)36-37-55-57-39-38-56(50(4)66)65(57,7)43-41-58(55)64/h49,51-58H,8-48H2,1-7H3/t49?,51?,52-,53+,55-,56+,57-,58-,64-,65+/m0/s1. The quantitative estimate of drug-likeness (QED) is 0.0247. The number of unbranched alkanes of at least 4 members (excludes halogenated alkanes) is 24. The predicted octanol–water partition coefficient (Wildman–Crippen LogP) is 17.0. The van der Waals surface area contributed by atoms with Crippen LogP contribution in [0.25, 0.3) is 0 Å². The lowest BCUT2D eigenvalue weighted by Crippen LogP contribution is -2.54. The number of hydrogen-bond donors (Lipinski definition) is 0. The third kappa shape index (κ3) is 24.2. The summed E-state index contributed by atoms with van der Waals surface area (Å²) in [6.45, 7) is 13.8. The number of esters is 4. The average molecular weight is 1090 g/mol. The van der Waals surface area contributed by atoms with Gasteiger partial charge in [-0.2, -0.15) is 0 Å². The Balaban J connectivity index is 1.13. The lowest BCUT2D eigenvalue weighted by molar-refractivity contribution is -0.173. The lowest BCUT2D eigenvalue weighted by atomic mass is 9.44. The van der Waals surface area contributed by atoms with E-state index in [1.807, 2.05) is 0 Å². The van der Waals surface area contributed by atoms with Crippen molar-refractivity contribution in [3.8, 4) is 0 Å². The normalized spacial score (nSPS) is 25.4. The van der Waals surface area contributed by atoms with E-state index in [-0.39, 0.29) is 73.7 Å². The van der Waals surface area contributed by atoms with Gasteiger partial charge in [-0.15, -0.1) is 0 Å². The molecule has 0 bridgehead atoms. The predicted molar refractivity (Wildman–Crippen MR) is 304 cm³/mol. The monoisotopic (exact) mass is 1080 g/mol. The Labute approximate surface area is 468 Å². The van der Waals surface area contributed by atoms with E-state index < -0.39 is 36.4 Å². The number of hydrogen-bond acceptors (Lipinski definition) is 12. The first kappa shape index (κ1) is 66.3. The molecular formula is C65H112O12. The fourth-order valence-electron chi connectivity index (χ4n) is 14.6. The van der Waals surface area contributed by atoms with Gasteiger partial charge in [-0.05, 0) is 118 Å². The number of ketones is 1. The van der Waals surface area contributed by atoms with Crippen molar-refractivity contribution in [2.24, 2.45) is 46.3 Å². The molecule has 4 rings (SSSR count). The first-order valence-corrected chi connectivity index (χ1v) is 32.2. The molecule has 10 atom stereocenters. The van der Waals surface area contributed by atoms with Gasteiger partial charge in [0.2, 0.25) is 6.29 Å². The summed E-state index contributed by atoms with van der Waals surface area (Å²) in [5.74, 6) is 0.395. The Morgan fingerprint density at radius 2 is 0.922 bits per heavy atom. The third-order valence-electron chi connectivity index (χ3n) is 19.1. The first-order valence-electron chi connectivity index (χ1n) is 32.2. The van der Waals surface area contributed by atoms with E-state index in [9.17, 15) is 28.8 Å². The second kappa shape index (κ2) is 37.0. The molecule has 0 heterocycles. The van der Waals surface area contributed by atoms with Crippen LogP contribution in [0.1, 0.15) is 299 Å². The van der Waals surface area contributed by atoms with Crippen LogP contribution in [0.4, 0.5) is 4.79 Å². The van der Waals surface area contributed by atoms with Crippen molar-refractivity contribution in [3.05, 3.63) is 0 Å². The van der Waals surface area contributed by atoms with Crippen molar-refractivity contribution in [1.29, 1.82) is 0 Å². The molecule has 4 saturated carbocycles. The summed E-state index contributed by atoms with van der Waals surface area (Å²) in [5, 5.41) is 0. The third-order valence-corrected chi connectivity index (χ3v) is 19.1. The summed E-state index contributed by atoms with van der Waals surface area (Å²) in [6.07, 6.45) is 37.6. The molecule has 0 spiro atoms. The van der Waals surface area contributed by atoms with Crippen LogP contribution in [0, 0.1) is 46.3 Å². The number of rotatable bonds is 41. The Morgan fingerprint density at radius 3 is 1.40 bits per heavy atom. The molecule has 0 saturated heterocycles. The van der Waals surface area contributed by atoms with Crippen LogP contribution in [-0.2, 0) is 52.4 Å². The van der Waals surface area contributed by atoms with E-state index >= 15 is 0 Å². The molecule has 4 aliphatic rings. The van der Waals surface area contributed by atoms with Gasteiger partial charge in [-0.1, -0.05) is 189 Å². The fraction of sp³-hybridized carbons (Fsp3) is 0.908. The smallest absolute Gasteiger partial charge is 0.462 e. The highest BCUT2D eigenvalue weighted by Crippen LogP contribution is 2.67. The van der Waals surface area contributed by atoms with Gasteiger partial charge in [0.1, 0.15) is 25.1 Å². The summed E-state index contributed by atoms with van der Waals surface area (Å²) in [7, 11) is 0. The lowest BCUT2D eigenvalue weighted by Gasteiger charge is -2.61. The minimum Gasteiger partial charge on any atom is -0.462 e. The molecule has 12 nitrogen and oxygen atoms in total. The molecule has 0 aliphatic heterocycles. The molecule has 77 heavy (non-hydrogen) atoms. The number of fused-ring (bicyclic) bond motifs is 5. The molecule has 4 aliphatic carbocycles. The van der Waals surface area contributed by atoms with E-state index in [0.717, 1.165) is 83.5 Å². The van der Waals surface area contributed by atoms with E-state index in [2.05, 4.69) is 27.7 Å². The van der Waals surface area contributed by atoms with Crippen LogP contribution in [-0.4, -0.2) is 67.5 Å². The Kier molecular flexibility index (Phi) is 31.8. The van der Waals surface area contributed by atoms with Crippen LogP contribution < -0.4 is 0 Å². The maximum absolute atomic E-state index is 13.2. The molecule has 0 amide bonds. The average Bonchev–Trinajstić information content (AvgIpc) is 3.92. The molecule has 2 unspecified atom stereocenters. The summed E-state index contributed by atoms with van der Waals surface area (Å²) in [5.41, 5.74) is 0.313. The fourth-order valence-corrected chi connectivity index (χ4v) is 14.6. The SMILES string of the molecule is CCCCCCCCCCCCCCCC(=O)OCC(COC(=O)CCCCCCCCCCCCCCC)OC(=O)CC(C)CC(=O)OC(C)OC(=O)O[C@@H]1CC[C@@]2(C)[C@@H](CC[C@@H]3[C@@H]2CC[C@]2(C)[C@@H](C(C)=O)CC[C@@H]32)C1. The summed E-state index contributed by atoms with van der Waals surface area (Å²) >= 11 is 0. The molecule has 12 heteroatoms. The minimum atomic E-state index is -1.19. The summed E-state index contributed by atoms with van der Waals surface area (Å²) < 4.78 is 33.5. The molecule has 0 radical (unpaired) electrons. The highest BCUT2D eigenvalue weighted by molar-refractivity contribution is 5.79. The Hall–Kier alpha value is -3.18. The van der Waals surface area contributed by atoms with Crippen molar-refractivity contribution >= 4 is 35.8 Å². The number of carbonyl (C=O) groups excluding carboxylic acids is 6. The highest BCUT2D eigenvalue weighted by Gasteiger charge is 2.61. The second-order valence-electron chi connectivity index (χ2n) is 25.4. The van der Waals surface area contributed by atoms with Crippen molar-refractivity contribution in [2.45, 2.75) is 317 Å². The van der Waals surface area contributed by atoms with Crippen molar-refractivity contribution in [1.82, 2.24) is 0 Å². The molecule has 444 valence electrons. The van der Waals surface area contributed by atoms with Gasteiger partial charge in [0.25, 0.3) is 0 Å². The topological polar surface area (TPSA) is 158 Å². The first-order chi connectivity index (χ1) is 37.1. The van der Waals surface area contributed by atoms with Gasteiger partial charge < -0.3 is 28.4 Å². The zero-order valence-corrected chi connectivity index (χ0v) is 50.1. The molecule has 0 aromatic carbocycles. The van der Waals surface area contributed by atoms with E-state index in [1.54, 1.807) is 13.8 Å². The van der Waals surface area contributed by atoms with Gasteiger partial charge in [0, 0.05) is 38.5 Å². The van der Waals surface area contributed by atoms with Gasteiger partial charge >= 0.3 is 30.0 Å². The Bertz CT molecular complexity index is 1670. The van der Waals surface area contributed by atoms with Crippen LogP contribution in [0.15, 0.2) is 0 Å². The van der Waals surface area contributed by atoms with Gasteiger partial charge in [-0.3, -0.25) is 24.0 Å². The zero-order chi connectivity index (χ0) is 55.9. The zero-order valence-electron chi connectivity index (χ0n) is 50.1. The maximum atomic E-state index is 13.2. The second-order valence-corrected chi connectivity index (χ2v) is 25.4. The van der Waals surface area contributed by atoms with Crippen molar-refractivity contribution < 1.29 is 57.2 Å². The molecule has 0 aromatic heterocycles. The number of Topliss-reactive ketones (excluding diaryl/α,β-unsaturated/α-hetero) is 1. The van der Waals surface area contributed by atoms with E-state index in [1.165, 1.54) is 148 Å². The van der Waals surface area contributed by atoms with E-state index in [0.29, 0.717) is 29.5 Å². The largest absolute Gasteiger partial charge is 0.511 e. The molecule has 0 N–H and O–H groups in total. The highest BCUT2D eigenvalue weighted by atomic mass is 16.8. The van der Waals surface area contributed by atoms with Crippen LogP contribution in [0.5, 0.6) is 0 Å². The van der Waals surface area contributed by atoms with Crippen LogP contribution >= 0.6 is 0 Å². The Morgan fingerprint density at radius 1 is 0.481 bits per heavy atom. The molecule has 4 fully saturated rings. The number of carbonyl (C=O) groups is 6. The van der Waals surface area contributed by atoms with Gasteiger partial charge in [0.15, 0.2) is 6.10 Å². The van der Waals surface area contributed by atoms with E-state index in [4.69, 9.17) is 28.4 Å². The van der Waals surface area contributed by atoms with Crippen LogP contribution in [0.3, 0.4) is 0 Å². The summed E-state index contributed by atoms with van der Waals surface area (Å²) in [6, 6.07) is 0. The number of ether oxygens (including phenoxy) is 6. The molecular weight excluding hydrogens is 973 g/mol. The molecule has 0 aromatic rings. The van der Waals surface area contributed by atoms with Gasteiger partial charge in [-0.25, -0.2) is 4.79 Å². The van der Waals surface area contributed by atoms with Crippen molar-refractivity contribution in [3.63, 3.8) is 0 Å². The van der Waals surface area contributed by atoms with Gasteiger partial charge in [0.05, 0.1) is 0 Å². The van der Waals surface area contributed by atoms with Crippen molar-refractivity contribution in [2.75, 3.05) is 13.2 Å². The summed E-state index contributed by atoms with van der Waals surface area (Å²) in [4.78, 5) is 77.3. The minimum absolute atomic E-state index is 0.127. The van der Waals surface area contributed by atoms with Crippen LogP contribution in [0.2, 0.25) is 0 Å².